The molecule has 0 aromatic heterocycles. The third kappa shape index (κ3) is 3.99. The van der Waals surface area contributed by atoms with Crippen LogP contribution in [0.2, 0.25) is 0 Å². The molecule has 0 aliphatic carbocycles. The van der Waals surface area contributed by atoms with Gasteiger partial charge < -0.3 is 15.1 Å². The molecule has 2 N–H and O–H groups in total. The lowest BCUT2D eigenvalue weighted by molar-refractivity contribution is -0.125. The number of piperidine rings is 1. The zero-order valence-electron chi connectivity index (χ0n) is 15.7. The largest absolute Gasteiger partial charge is 0.342 e. The average Bonchev–Trinajstić information content (AvgIpc) is 3.08. The molecular weight excluding hydrogens is 336 g/mol. The molecule has 0 saturated carbocycles. The zero-order chi connectivity index (χ0) is 18.5. The Labute approximate surface area is 161 Å². The van der Waals surface area contributed by atoms with E-state index in [0.717, 1.165) is 45.4 Å². The van der Waals surface area contributed by atoms with Crippen molar-refractivity contribution >= 4 is 17.3 Å². The first-order valence-corrected chi connectivity index (χ1v) is 9.90. The van der Waals surface area contributed by atoms with Crippen LogP contribution < -0.4 is 15.5 Å². The van der Waals surface area contributed by atoms with Gasteiger partial charge in [-0.15, -0.1) is 0 Å². The molecule has 27 heavy (non-hydrogen) atoms. The van der Waals surface area contributed by atoms with Crippen LogP contribution in [0, 0.1) is 0 Å². The van der Waals surface area contributed by atoms with E-state index in [1.54, 1.807) is 0 Å². The molecular formula is C22H28N4O. The van der Waals surface area contributed by atoms with Crippen molar-refractivity contribution in [2.45, 2.75) is 24.8 Å². The third-order valence-electron chi connectivity index (χ3n) is 5.81. The van der Waals surface area contributed by atoms with Crippen LogP contribution in [0.5, 0.6) is 0 Å². The first-order chi connectivity index (χ1) is 13.3. The number of para-hydroxylation sites is 2. The lowest BCUT2D eigenvalue weighted by Gasteiger charge is -2.37. The monoisotopic (exact) mass is 364 g/mol. The summed E-state index contributed by atoms with van der Waals surface area (Å²) in [6.07, 6.45) is 2.90. The first-order valence-electron chi connectivity index (χ1n) is 9.90. The molecule has 0 bridgehead atoms. The van der Waals surface area contributed by atoms with E-state index in [1.807, 2.05) is 0 Å². The van der Waals surface area contributed by atoms with Crippen LogP contribution in [0.4, 0.5) is 11.4 Å². The van der Waals surface area contributed by atoms with Gasteiger partial charge in [-0.25, -0.2) is 0 Å². The Kier molecular flexibility index (Phi) is 5.41. The standard InChI is InChI=1S/C22H28N4O/c27-21-22(24-18-23-21)12-16-25(17-13-22)14-7-15-26(19-8-3-1-4-9-19)20-10-5-2-6-11-20/h1-6,8-11,24H,7,12-18H2,(H,23,27). The van der Waals surface area contributed by atoms with E-state index in [-0.39, 0.29) is 11.4 Å². The second-order valence-electron chi connectivity index (χ2n) is 7.46. The molecule has 1 spiro atoms. The van der Waals surface area contributed by atoms with Gasteiger partial charge in [0, 0.05) is 31.0 Å². The molecule has 5 nitrogen and oxygen atoms in total. The van der Waals surface area contributed by atoms with Gasteiger partial charge in [0.2, 0.25) is 5.91 Å². The molecule has 2 aliphatic rings. The Bertz CT molecular complexity index is 702. The highest BCUT2D eigenvalue weighted by Crippen LogP contribution is 2.27. The number of likely N-dealkylation sites (tertiary alicyclic amines) is 1. The summed E-state index contributed by atoms with van der Waals surface area (Å²) in [6, 6.07) is 21.2. The Morgan fingerprint density at radius 1 is 0.926 bits per heavy atom. The Morgan fingerprint density at radius 3 is 2.04 bits per heavy atom. The molecule has 142 valence electrons. The number of anilines is 2. The molecule has 0 radical (unpaired) electrons. The lowest BCUT2D eigenvalue weighted by atomic mass is 9.88. The predicted octanol–water partition coefficient (Wildman–Crippen LogP) is 2.73. The topological polar surface area (TPSA) is 47.6 Å². The summed E-state index contributed by atoms with van der Waals surface area (Å²) in [5.41, 5.74) is 2.15. The third-order valence-corrected chi connectivity index (χ3v) is 5.81. The minimum absolute atomic E-state index is 0.182. The number of carbonyl (C=O) groups is 1. The quantitative estimate of drug-likeness (QED) is 0.827. The number of hydrogen-bond donors (Lipinski definition) is 2. The molecule has 2 fully saturated rings. The van der Waals surface area contributed by atoms with Crippen molar-refractivity contribution in [3.8, 4) is 0 Å². The Morgan fingerprint density at radius 2 is 1.52 bits per heavy atom. The Balaban J connectivity index is 1.33. The number of carbonyl (C=O) groups excluding carboxylic acids is 1. The van der Waals surface area contributed by atoms with Gasteiger partial charge in [-0.05, 0) is 50.1 Å². The fourth-order valence-electron chi connectivity index (χ4n) is 4.18. The average molecular weight is 364 g/mol. The van der Waals surface area contributed by atoms with Crippen LogP contribution >= 0.6 is 0 Å². The molecule has 5 heteroatoms. The predicted molar refractivity (Wildman–Crippen MR) is 109 cm³/mol. The number of benzene rings is 2. The molecule has 0 unspecified atom stereocenters. The van der Waals surface area contributed by atoms with Crippen LogP contribution in [0.3, 0.4) is 0 Å². The van der Waals surface area contributed by atoms with Crippen LogP contribution in [-0.2, 0) is 4.79 Å². The van der Waals surface area contributed by atoms with Gasteiger partial charge in [0.1, 0.15) is 5.54 Å². The summed E-state index contributed by atoms with van der Waals surface area (Å²) in [7, 11) is 0. The molecule has 1 amide bonds. The SMILES string of the molecule is O=C1NCNC12CCN(CCCN(c1ccccc1)c1ccccc1)CC2. The highest BCUT2D eigenvalue weighted by Gasteiger charge is 2.43. The summed E-state index contributed by atoms with van der Waals surface area (Å²) in [4.78, 5) is 17.0. The minimum Gasteiger partial charge on any atom is -0.342 e. The van der Waals surface area contributed by atoms with Crippen LogP contribution in [0.25, 0.3) is 0 Å². The number of hydrogen-bond acceptors (Lipinski definition) is 4. The van der Waals surface area contributed by atoms with E-state index < -0.39 is 0 Å². The fraction of sp³-hybridized carbons (Fsp3) is 0.409. The van der Waals surface area contributed by atoms with Crippen molar-refractivity contribution in [3.05, 3.63) is 60.7 Å². The molecule has 2 heterocycles. The summed E-state index contributed by atoms with van der Waals surface area (Å²) in [5.74, 6) is 0.182. The van der Waals surface area contributed by atoms with Crippen LogP contribution in [0.15, 0.2) is 60.7 Å². The Hall–Kier alpha value is -2.37. The molecule has 0 atom stereocenters. The van der Waals surface area contributed by atoms with Crippen molar-refractivity contribution in [1.29, 1.82) is 0 Å². The van der Waals surface area contributed by atoms with E-state index in [4.69, 9.17) is 0 Å². The van der Waals surface area contributed by atoms with Crippen molar-refractivity contribution in [2.24, 2.45) is 0 Å². The van der Waals surface area contributed by atoms with Crippen molar-refractivity contribution in [1.82, 2.24) is 15.5 Å². The maximum atomic E-state index is 12.1. The van der Waals surface area contributed by atoms with E-state index in [0.29, 0.717) is 6.67 Å². The number of rotatable bonds is 6. The van der Waals surface area contributed by atoms with E-state index >= 15 is 0 Å². The van der Waals surface area contributed by atoms with E-state index in [2.05, 4.69) is 81.1 Å². The molecule has 2 aromatic carbocycles. The number of nitrogens with one attached hydrogen (secondary N) is 2. The van der Waals surface area contributed by atoms with Crippen molar-refractivity contribution in [3.63, 3.8) is 0 Å². The smallest absolute Gasteiger partial charge is 0.241 e. The molecule has 4 rings (SSSR count). The van der Waals surface area contributed by atoms with Crippen LogP contribution in [-0.4, -0.2) is 49.2 Å². The fourth-order valence-corrected chi connectivity index (χ4v) is 4.18. The van der Waals surface area contributed by atoms with Gasteiger partial charge in [-0.1, -0.05) is 36.4 Å². The summed E-state index contributed by atoms with van der Waals surface area (Å²) >= 11 is 0. The summed E-state index contributed by atoms with van der Waals surface area (Å²) in [6.45, 7) is 4.62. The summed E-state index contributed by atoms with van der Waals surface area (Å²) in [5, 5.41) is 6.28. The second-order valence-corrected chi connectivity index (χ2v) is 7.46. The summed E-state index contributed by atoms with van der Waals surface area (Å²) < 4.78 is 0. The van der Waals surface area contributed by atoms with Gasteiger partial charge in [-0.3, -0.25) is 10.1 Å². The van der Waals surface area contributed by atoms with Gasteiger partial charge in [0.25, 0.3) is 0 Å². The van der Waals surface area contributed by atoms with E-state index in [9.17, 15) is 4.79 Å². The number of amides is 1. The van der Waals surface area contributed by atoms with Crippen molar-refractivity contribution in [2.75, 3.05) is 37.7 Å². The molecule has 2 aromatic rings. The maximum Gasteiger partial charge on any atom is 0.241 e. The van der Waals surface area contributed by atoms with Crippen LogP contribution in [0.1, 0.15) is 19.3 Å². The van der Waals surface area contributed by atoms with Gasteiger partial charge in [0.15, 0.2) is 0 Å². The first kappa shape index (κ1) is 18.0. The lowest BCUT2D eigenvalue weighted by Crippen LogP contribution is -2.54. The zero-order valence-corrected chi connectivity index (χ0v) is 15.7. The van der Waals surface area contributed by atoms with Gasteiger partial charge in [0.05, 0.1) is 6.67 Å². The van der Waals surface area contributed by atoms with E-state index in [1.165, 1.54) is 11.4 Å². The maximum absolute atomic E-state index is 12.1. The normalized spacial score (nSPS) is 19.2. The second kappa shape index (κ2) is 8.11. The van der Waals surface area contributed by atoms with Gasteiger partial charge >= 0.3 is 0 Å². The van der Waals surface area contributed by atoms with Gasteiger partial charge in [-0.2, -0.15) is 0 Å². The minimum atomic E-state index is -0.309. The van der Waals surface area contributed by atoms with Crippen molar-refractivity contribution < 1.29 is 4.79 Å². The molecule has 2 aliphatic heterocycles. The number of nitrogens with zero attached hydrogens (tertiary/aromatic N) is 2. The highest BCUT2D eigenvalue weighted by molar-refractivity contribution is 5.88. The highest BCUT2D eigenvalue weighted by atomic mass is 16.2. The molecule has 2 saturated heterocycles.